The van der Waals surface area contributed by atoms with Crippen molar-refractivity contribution in [3.05, 3.63) is 53.6 Å². The number of fused-ring (bicyclic) bond motifs is 1. The van der Waals surface area contributed by atoms with Crippen LogP contribution in [0.4, 0.5) is 5.69 Å². The Morgan fingerprint density at radius 3 is 2.70 bits per heavy atom. The third-order valence-electron chi connectivity index (χ3n) is 4.55. The van der Waals surface area contributed by atoms with Crippen LogP contribution in [0.2, 0.25) is 0 Å². The minimum Gasteiger partial charge on any atom is -0.497 e. The summed E-state index contributed by atoms with van der Waals surface area (Å²) in [5.41, 5.74) is 9.94. The summed E-state index contributed by atoms with van der Waals surface area (Å²) in [6.07, 6.45) is 2.27. The van der Waals surface area contributed by atoms with Gasteiger partial charge in [0.2, 0.25) is 0 Å². The van der Waals surface area contributed by atoms with E-state index in [4.69, 9.17) is 15.2 Å². The third-order valence-corrected chi connectivity index (χ3v) is 4.55. The minimum atomic E-state index is 0.0947. The van der Waals surface area contributed by atoms with Gasteiger partial charge in [0.1, 0.15) is 11.5 Å². The number of nitrogens with zero attached hydrogens (tertiary/aromatic N) is 1. The summed E-state index contributed by atoms with van der Waals surface area (Å²) in [7, 11) is 3.35. The first-order valence-electron chi connectivity index (χ1n) is 8.05. The van der Waals surface area contributed by atoms with Crippen molar-refractivity contribution in [2.45, 2.75) is 18.9 Å². The molecule has 1 aliphatic heterocycles. The van der Waals surface area contributed by atoms with Crippen molar-refractivity contribution in [2.75, 3.05) is 32.2 Å². The number of para-hydroxylation sites is 1. The second kappa shape index (κ2) is 6.92. The van der Waals surface area contributed by atoms with Gasteiger partial charge in [0.15, 0.2) is 0 Å². The molecule has 0 amide bonds. The molecule has 122 valence electrons. The highest BCUT2D eigenvalue weighted by atomic mass is 16.5. The molecule has 1 aliphatic rings. The molecule has 0 fully saturated rings. The number of aryl methyl sites for hydroxylation is 1. The molecule has 4 nitrogen and oxygen atoms in total. The first-order chi connectivity index (χ1) is 11.3. The van der Waals surface area contributed by atoms with Crippen molar-refractivity contribution in [1.82, 2.24) is 0 Å². The zero-order chi connectivity index (χ0) is 16.2. The Kier molecular flexibility index (Phi) is 4.72. The van der Waals surface area contributed by atoms with E-state index in [2.05, 4.69) is 35.2 Å². The molecular weight excluding hydrogens is 288 g/mol. The lowest BCUT2D eigenvalue weighted by molar-refractivity contribution is 0.387. The van der Waals surface area contributed by atoms with Crippen LogP contribution in [-0.2, 0) is 6.42 Å². The highest BCUT2D eigenvalue weighted by molar-refractivity contribution is 5.58. The van der Waals surface area contributed by atoms with Gasteiger partial charge in [-0.15, -0.1) is 0 Å². The van der Waals surface area contributed by atoms with E-state index in [9.17, 15) is 0 Å². The molecule has 2 aromatic rings. The number of hydrogen-bond acceptors (Lipinski definition) is 4. The smallest absolute Gasteiger partial charge is 0.127 e. The maximum absolute atomic E-state index is 6.16. The molecule has 1 unspecified atom stereocenters. The first-order valence-corrected chi connectivity index (χ1v) is 8.05. The molecule has 3 rings (SSSR count). The molecule has 4 heteroatoms. The molecule has 2 aromatic carbocycles. The minimum absolute atomic E-state index is 0.0947. The molecule has 0 radical (unpaired) electrons. The van der Waals surface area contributed by atoms with Crippen molar-refractivity contribution >= 4 is 5.69 Å². The van der Waals surface area contributed by atoms with Crippen molar-refractivity contribution in [1.29, 1.82) is 0 Å². The van der Waals surface area contributed by atoms with E-state index in [-0.39, 0.29) is 6.04 Å². The summed E-state index contributed by atoms with van der Waals surface area (Å²) in [5, 5.41) is 0. The number of rotatable bonds is 5. The fourth-order valence-corrected chi connectivity index (χ4v) is 3.40. The quantitative estimate of drug-likeness (QED) is 0.921. The van der Waals surface area contributed by atoms with Crippen LogP contribution < -0.4 is 20.1 Å². The van der Waals surface area contributed by atoms with Gasteiger partial charge < -0.3 is 20.1 Å². The fourth-order valence-electron chi connectivity index (χ4n) is 3.40. The second-order valence-corrected chi connectivity index (χ2v) is 5.79. The van der Waals surface area contributed by atoms with Crippen LogP contribution >= 0.6 is 0 Å². The van der Waals surface area contributed by atoms with Gasteiger partial charge in [-0.1, -0.05) is 18.2 Å². The van der Waals surface area contributed by atoms with Gasteiger partial charge in [-0.3, -0.25) is 0 Å². The molecule has 1 atom stereocenters. The molecule has 0 bridgehead atoms. The largest absolute Gasteiger partial charge is 0.497 e. The Hall–Kier alpha value is -2.20. The fraction of sp³-hybridized carbons (Fsp3) is 0.368. The van der Waals surface area contributed by atoms with Gasteiger partial charge in [0, 0.05) is 30.4 Å². The molecule has 0 aromatic heterocycles. The average Bonchev–Trinajstić information content (AvgIpc) is 2.62. The zero-order valence-electron chi connectivity index (χ0n) is 13.8. The van der Waals surface area contributed by atoms with Gasteiger partial charge in [-0.2, -0.15) is 0 Å². The maximum atomic E-state index is 6.16. The molecule has 0 aliphatic carbocycles. The Bertz CT molecular complexity index is 672. The van der Waals surface area contributed by atoms with Crippen LogP contribution in [0.3, 0.4) is 0 Å². The summed E-state index contributed by atoms with van der Waals surface area (Å²) in [5.74, 6) is 1.61. The van der Waals surface area contributed by atoms with Gasteiger partial charge in [0.05, 0.1) is 20.3 Å². The standard InChI is InChI=1S/C19H24N2O2/c1-22-15-9-10-16(19(12-15)23-2)18(13-20)21-11-5-7-14-6-3-4-8-17(14)21/h3-4,6,8-10,12,18H,5,7,11,13,20H2,1-2H3. The first kappa shape index (κ1) is 15.7. The second-order valence-electron chi connectivity index (χ2n) is 5.79. The molecule has 0 saturated heterocycles. The Balaban J connectivity index is 2.01. The van der Waals surface area contributed by atoms with E-state index >= 15 is 0 Å². The normalized spacial score (nSPS) is 15.0. The van der Waals surface area contributed by atoms with Gasteiger partial charge in [-0.25, -0.2) is 0 Å². The lowest BCUT2D eigenvalue weighted by Gasteiger charge is -2.38. The molecule has 0 spiro atoms. The highest BCUT2D eigenvalue weighted by Gasteiger charge is 2.26. The Labute approximate surface area is 137 Å². The number of methoxy groups -OCH3 is 2. The third kappa shape index (κ3) is 2.99. The maximum Gasteiger partial charge on any atom is 0.127 e. The molecule has 0 saturated carbocycles. The number of anilines is 1. The average molecular weight is 312 g/mol. The Morgan fingerprint density at radius 2 is 1.96 bits per heavy atom. The molecule has 2 N–H and O–H groups in total. The summed E-state index contributed by atoms with van der Waals surface area (Å²) >= 11 is 0. The predicted octanol–water partition coefficient (Wildman–Crippen LogP) is 3.16. The van der Waals surface area contributed by atoms with Gasteiger partial charge in [0.25, 0.3) is 0 Å². The lowest BCUT2D eigenvalue weighted by Crippen LogP contribution is -2.37. The van der Waals surface area contributed by atoms with Gasteiger partial charge in [-0.05, 0) is 36.6 Å². The molecule has 1 heterocycles. The molecule has 23 heavy (non-hydrogen) atoms. The van der Waals surface area contributed by atoms with E-state index in [0.29, 0.717) is 6.54 Å². The van der Waals surface area contributed by atoms with E-state index < -0.39 is 0 Å². The lowest BCUT2D eigenvalue weighted by atomic mass is 9.96. The summed E-state index contributed by atoms with van der Waals surface area (Å²) in [4.78, 5) is 2.41. The highest BCUT2D eigenvalue weighted by Crippen LogP contribution is 2.37. The summed E-state index contributed by atoms with van der Waals surface area (Å²) in [6, 6.07) is 14.6. The van der Waals surface area contributed by atoms with E-state index in [0.717, 1.165) is 36.4 Å². The van der Waals surface area contributed by atoms with Crippen LogP contribution in [-0.4, -0.2) is 27.3 Å². The van der Waals surface area contributed by atoms with Crippen LogP contribution in [0.5, 0.6) is 11.5 Å². The van der Waals surface area contributed by atoms with Crippen LogP contribution in [0, 0.1) is 0 Å². The van der Waals surface area contributed by atoms with Crippen LogP contribution in [0.15, 0.2) is 42.5 Å². The number of hydrogen-bond donors (Lipinski definition) is 1. The zero-order valence-corrected chi connectivity index (χ0v) is 13.8. The van der Waals surface area contributed by atoms with E-state index in [1.54, 1.807) is 14.2 Å². The topological polar surface area (TPSA) is 47.7 Å². The van der Waals surface area contributed by atoms with Crippen molar-refractivity contribution in [2.24, 2.45) is 5.73 Å². The SMILES string of the molecule is COc1ccc(C(CN)N2CCCc3ccccc32)c(OC)c1. The van der Waals surface area contributed by atoms with Crippen molar-refractivity contribution in [3.63, 3.8) is 0 Å². The summed E-state index contributed by atoms with van der Waals surface area (Å²) < 4.78 is 10.9. The Morgan fingerprint density at radius 1 is 1.13 bits per heavy atom. The number of benzene rings is 2. The van der Waals surface area contributed by atoms with E-state index in [1.165, 1.54) is 11.3 Å². The number of nitrogens with two attached hydrogens (primary N) is 1. The monoisotopic (exact) mass is 312 g/mol. The predicted molar refractivity (Wildman–Crippen MR) is 93.5 cm³/mol. The van der Waals surface area contributed by atoms with Crippen LogP contribution in [0.1, 0.15) is 23.6 Å². The molecular formula is C19H24N2O2. The number of ether oxygens (including phenoxy) is 2. The van der Waals surface area contributed by atoms with E-state index in [1.807, 2.05) is 12.1 Å². The summed E-state index contributed by atoms with van der Waals surface area (Å²) in [6.45, 7) is 1.55. The van der Waals surface area contributed by atoms with Crippen LogP contribution in [0.25, 0.3) is 0 Å². The van der Waals surface area contributed by atoms with Crippen molar-refractivity contribution in [3.8, 4) is 11.5 Å². The van der Waals surface area contributed by atoms with Crippen molar-refractivity contribution < 1.29 is 9.47 Å². The van der Waals surface area contributed by atoms with Gasteiger partial charge >= 0.3 is 0 Å².